The number of nitrogen functional groups attached to an aromatic ring is 1. The second-order valence-electron chi connectivity index (χ2n) is 7.33. The smallest absolute Gasteiger partial charge is 0.159 e. The van der Waals surface area contributed by atoms with E-state index in [1.54, 1.807) is 18.5 Å². The molecule has 1 unspecified atom stereocenters. The maximum absolute atomic E-state index is 14.2. The molecule has 1 atom stereocenters. The summed E-state index contributed by atoms with van der Waals surface area (Å²) in [4.78, 5) is 8.50. The zero-order valence-electron chi connectivity index (χ0n) is 16.6. The van der Waals surface area contributed by atoms with Crippen molar-refractivity contribution in [3.8, 4) is 17.1 Å². The van der Waals surface area contributed by atoms with E-state index in [-0.39, 0.29) is 5.02 Å². The second kappa shape index (κ2) is 9.08. The molecule has 1 aliphatic carbocycles. The van der Waals surface area contributed by atoms with Crippen LogP contribution in [0.1, 0.15) is 18.4 Å². The van der Waals surface area contributed by atoms with E-state index in [1.165, 1.54) is 6.07 Å². The number of nitrogens with zero attached hydrogens (tertiary/aromatic N) is 2. The van der Waals surface area contributed by atoms with Crippen molar-refractivity contribution in [1.29, 1.82) is 0 Å². The molecule has 0 saturated heterocycles. The van der Waals surface area contributed by atoms with Crippen molar-refractivity contribution in [2.75, 3.05) is 12.3 Å². The number of hydrogen-bond donors (Lipinski definition) is 1. The van der Waals surface area contributed by atoms with Crippen molar-refractivity contribution in [3.63, 3.8) is 0 Å². The van der Waals surface area contributed by atoms with Crippen molar-refractivity contribution < 1.29 is 9.13 Å². The van der Waals surface area contributed by atoms with Crippen LogP contribution < -0.4 is 10.5 Å². The Balaban J connectivity index is 1.54. The van der Waals surface area contributed by atoms with Crippen LogP contribution in [-0.2, 0) is 5.41 Å². The molecule has 0 amide bonds. The zero-order valence-corrected chi connectivity index (χ0v) is 18.1. The first-order valence-corrected chi connectivity index (χ1v) is 10.5. The van der Waals surface area contributed by atoms with Crippen molar-refractivity contribution in [2.24, 2.45) is 0 Å². The lowest BCUT2D eigenvalue weighted by Gasteiger charge is -2.33. The van der Waals surface area contributed by atoms with E-state index in [9.17, 15) is 4.39 Å². The molecule has 2 N–H and O–H groups in total. The van der Waals surface area contributed by atoms with Gasteiger partial charge < -0.3 is 10.5 Å². The van der Waals surface area contributed by atoms with E-state index in [2.05, 4.69) is 9.97 Å². The molecule has 158 valence electrons. The third-order valence-electron chi connectivity index (χ3n) is 5.27. The quantitative estimate of drug-likeness (QED) is 0.437. The Kier molecular flexibility index (Phi) is 6.25. The zero-order chi connectivity index (χ0) is 21.8. The Bertz CT molecular complexity index is 1150. The molecule has 0 saturated carbocycles. The van der Waals surface area contributed by atoms with Crippen LogP contribution in [0.2, 0.25) is 10.0 Å². The van der Waals surface area contributed by atoms with Crippen molar-refractivity contribution in [2.45, 2.75) is 18.3 Å². The van der Waals surface area contributed by atoms with E-state index in [4.69, 9.17) is 33.7 Å². The fourth-order valence-electron chi connectivity index (χ4n) is 3.71. The number of nitrogens with two attached hydrogens (primary N) is 1. The Morgan fingerprint density at radius 2 is 1.90 bits per heavy atom. The Morgan fingerprint density at radius 1 is 1.10 bits per heavy atom. The van der Waals surface area contributed by atoms with Gasteiger partial charge in [0.25, 0.3) is 0 Å². The standard InChI is InChI=1S/C24H20Cl2FN3O/c25-19-7-8-20(27)22(26)21(19)24(9-2-1-3-10-24)11-12-31-18-6-4-5-16(13-18)23-29-14-17(28)15-30-23/h1-9,13-15H,10-12,28H2. The molecule has 2 aromatic carbocycles. The summed E-state index contributed by atoms with van der Waals surface area (Å²) in [5.74, 6) is 0.759. The number of rotatable bonds is 6. The predicted octanol–water partition coefficient (Wildman–Crippen LogP) is 6.39. The van der Waals surface area contributed by atoms with E-state index in [1.807, 2.05) is 48.6 Å². The topological polar surface area (TPSA) is 61.0 Å². The number of aromatic nitrogens is 2. The first kappa shape index (κ1) is 21.3. The monoisotopic (exact) mass is 455 g/mol. The highest BCUT2D eigenvalue weighted by Gasteiger charge is 2.34. The van der Waals surface area contributed by atoms with Gasteiger partial charge in [-0.3, -0.25) is 0 Å². The molecule has 0 aliphatic heterocycles. The molecule has 3 aromatic rings. The first-order chi connectivity index (χ1) is 15.0. The molecular weight excluding hydrogens is 436 g/mol. The maximum Gasteiger partial charge on any atom is 0.159 e. The average molecular weight is 456 g/mol. The summed E-state index contributed by atoms with van der Waals surface area (Å²) in [7, 11) is 0. The van der Waals surface area contributed by atoms with E-state index < -0.39 is 11.2 Å². The molecule has 0 fully saturated rings. The van der Waals surface area contributed by atoms with Crippen LogP contribution >= 0.6 is 23.2 Å². The molecule has 4 rings (SSSR count). The van der Waals surface area contributed by atoms with E-state index >= 15 is 0 Å². The third kappa shape index (κ3) is 4.58. The highest BCUT2D eigenvalue weighted by Crippen LogP contribution is 2.44. The second-order valence-corrected chi connectivity index (χ2v) is 8.12. The number of ether oxygens (including phenoxy) is 1. The summed E-state index contributed by atoms with van der Waals surface area (Å²) in [5.41, 5.74) is 7.02. The number of hydrogen-bond acceptors (Lipinski definition) is 4. The van der Waals surface area contributed by atoms with Gasteiger partial charge in [-0.05, 0) is 37.1 Å². The van der Waals surface area contributed by atoms with Gasteiger partial charge in [0.15, 0.2) is 5.82 Å². The molecule has 7 heteroatoms. The summed E-state index contributed by atoms with van der Waals surface area (Å²) in [5, 5.41) is 0.490. The Labute approximate surface area is 190 Å². The van der Waals surface area contributed by atoms with Crippen LogP contribution in [0.25, 0.3) is 11.4 Å². The van der Waals surface area contributed by atoms with Crippen LogP contribution in [0.3, 0.4) is 0 Å². The van der Waals surface area contributed by atoms with Crippen LogP contribution in [0.15, 0.2) is 73.1 Å². The van der Waals surface area contributed by atoms with Gasteiger partial charge in [-0.1, -0.05) is 59.6 Å². The minimum Gasteiger partial charge on any atom is -0.494 e. The van der Waals surface area contributed by atoms with Gasteiger partial charge in [0.2, 0.25) is 0 Å². The molecule has 1 heterocycles. The maximum atomic E-state index is 14.2. The van der Waals surface area contributed by atoms with Crippen molar-refractivity contribution in [1.82, 2.24) is 9.97 Å². The van der Waals surface area contributed by atoms with Crippen LogP contribution in [-0.4, -0.2) is 16.6 Å². The summed E-state index contributed by atoms with van der Waals surface area (Å²) in [6, 6.07) is 10.3. The van der Waals surface area contributed by atoms with Gasteiger partial charge in [-0.25, -0.2) is 14.4 Å². The minimum atomic E-state index is -0.553. The molecule has 1 aliphatic rings. The van der Waals surface area contributed by atoms with Crippen LogP contribution in [0.4, 0.5) is 10.1 Å². The number of anilines is 1. The molecule has 0 bridgehead atoms. The predicted molar refractivity (Wildman–Crippen MR) is 123 cm³/mol. The van der Waals surface area contributed by atoms with Gasteiger partial charge in [0.1, 0.15) is 11.6 Å². The fraction of sp³-hybridized carbons (Fsp3) is 0.167. The third-order valence-corrected chi connectivity index (χ3v) is 5.95. The lowest BCUT2D eigenvalue weighted by atomic mass is 9.73. The SMILES string of the molecule is Nc1cnc(-c2cccc(OCCC3(c4c(Cl)ccc(F)c4Cl)C=CC=CC3)c2)nc1. The highest BCUT2D eigenvalue weighted by molar-refractivity contribution is 6.36. The number of halogens is 3. The molecule has 0 radical (unpaired) electrons. The Hall–Kier alpha value is -2.89. The van der Waals surface area contributed by atoms with Crippen molar-refractivity contribution >= 4 is 28.9 Å². The molecule has 1 aromatic heterocycles. The number of benzene rings is 2. The minimum absolute atomic E-state index is 0.0509. The summed E-state index contributed by atoms with van der Waals surface area (Å²) in [6.45, 7) is 0.382. The van der Waals surface area contributed by atoms with Crippen LogP contribution in [0, 0.1) is 5.82 Å². The lowest BCUT2D eigenvalue weighted by molar-refractivity contribution is 0.276. The largest absolute Gasteiger partial charge is 0.494 e. The molecule has 31 heavy (non-hydrogen) atoms. The van der Waals surface area contributed by atoms with E-state index in [0.29, 0.717) is 47.3 Å². The Morgan fingerprint density at radius 3 is 2.65 bits per heavy atom. The number of allylic oxidation sites excluding steroid dienone is 4. The molecule has 0 spiro atoms. The summed E-state index contributed by atoms with van der Waals surface area (Å²) in [6.07, 6.45) is 12.3. The van der Waals surface area contributed by atoms with E-state index in [0.717, 1.165) is 5.56 Å². The molecular formula is C24H20Cl2FN3O. The van der Waals surface area contributed by atoms with Crippen molar-refractivity contribution in [3.05, 3.63) is 94.5 Å². The first-order valence-electron chi connectivity index (χ1n) is 9.78. The summed E-state index contributed by atoms with van der Waals surface area (Å²) < 4.78 is 20.3. The fourth-order valence-corrected chi connectivity index (χ4v) is 4.45. The van der Waals surface area contributed by atoms with Gasteiger partial charge in [-0.2, -0.15) is 0 Å². The lowest BCUT2D eigenvalue weighted by Crippen LogP contribution is -2.28. The molecule has 4 nitrogen and oxygen atoms in total. The summed E-state index contributed by atoms with van der Waals surface area (Å²) >= 11 is 12.8. The normalized spacial score (nSPS) is 17.6. The highest BCUT2D eigenvalue weighted by atomic mass is 35.5. The van der Waals surface area contributed by atoms with Gasteiger partial charge >= 0.3 is 0 Å². The van der Waals surface area contributed by atoms with Gasteiger partial charge in [0.05, 0.1) is 29.7 Å². The van der Waals surface area contributed by atoms with Crippen LogP contribution in [0.5, 0.6) is 5.75 Å². The average Bonchev–Trinajstić information content (AvgIpc) is 2.78. The van der Waals surface area contributed by atoms with Gasteiger partial charge in [0, 0.05) is 21.6 Å². The van der Waals surface area contributed by atoms with Gasteiger partial charge in [-0.15, -0.1) is 0 Å².